The number of hydrogen-bond donors (Lipinski definition) is 3. The Labute approximate surface area is 117 Å². The maximum absolute atomic E-state index is 10.9. The van der Waals surface area contributed by atoms with Gasteiger partial charge < -0.3 is 10.2 Å². The average molecular weight is 290 g/mol. The topological polar surface area (TPSA) is 74.6 Å². The van der Waals surface area contributed by atoms with Crippen molar-refractivity contribution < 1.29 is 19.8 Å². The van der Waals surface area contributed by atoms with Gasteiger partial charge in [-0.25, -0.2) is 9.59 Å². The van der Waals surface area contributed by atoms with E-state index in [0.29, 0.717) is 24.2 Å². The summed E-state index contributed by atoms with van der Waals surface area (Å²) in [7, 11) is 0. The van der Waals surface area contributed by atoms with Crippen LogP contribution in [0.2, 0.25) is 0 Å². The first-order valence-corrected chi connectivity index (χ1v) is 7.03. The summed E-state index contributed by atoms with van der Waals surface area (Å²) in [6.45, 7) is 3.40. The lowest BCUT2D eigenvalue weighted by Gasteiger charge is -2.03. The highest BCUT2D eigenvalue weighted by Gasteiger charge is 2.07. The lowest BCUT2D eigenvalue weighted by Crippen LogP contribution is -2.03. The van der Waals surface area contributed by atoms with Gasteiger partial charge in [-0.2, -0.15) is 12.6 Å². The number of carboxylic acids is 2. The second kappa shape index (κ2) is 9.10. The molecule has 1 unspecified atom stereocenters. The van der Waals surface area contributed by atoms with Crippen molar-refractivity contribution in [2.45, 2.75) is 31.9 Å². The fourth-order valence-electron chi connectivity index (χ4n) is 1.01. The van der Waals surface area contributed by atoms with Crippen molar-refractivity contribution >= 4 is 36.3 Å². The van der Waals surface area contributed by atoms with Gasteiger partial charge >= 0.3 is 11.9 Å². The molecule has 6 heteroatoms. The van der Waals surface area contributed by atoms with Gasteiger partial charge in [-0.15, -0.1) is 11.8 Å². The van der Waals surface area contributed by atoms with Gasteiger partial charge in [-0.05, 0) is 25.2 Å². The Morgan fingerprint density at radius 2 is 1.94 bits per heavy atom. The summed E-state index contributed by atoms with van der Waals surface area (Å²) >= 11 is 5.49. The standard InChI is InChI=1S/C12H18O4S2/c1-8(11(13)14)7-18-6-5-10(12(15)16)4-3-9(2)17/h4,7,9,17H,3,5-6H2,1-2H3,(H,13,14)(H,15,16). The van der Waals surface area contributed by atoms with Gasteiger partial charge in [0.2, 0.25) is 0 Å². The van der Waals surface area contributed by atoms with Crippen molar-refractivity contribution in [2.75, 3.05) is 5.75 Å². The van der Waals surface area contributed by atoms with Crippen LogP contribution >= 0.6 is 24.4 Å². The maximum atomic E-state index is 10.9. The number of thiol groups is 1. The molecule has 2 N–H and O–H groups in total. The molecule has 0 saturated heterocycles. The minimum Gasteiger partial charge on any atom is -0.478 e. The second-order valence-corrected chi connectivity index (χ2v) is 5.70. The number of thioether (sulfide) groups is 1. The van der Waals surface area contributed by atoms with E-state index in [0.717, 1.165) is 0 Å². The molecule has 0 heterocycles. The smallest absolute Gasteiger partial charge is 0.331 e. The molecule has 0 fully saturated rings. The molecule has 0 aliphatic rings. The fourth-order valence-corrected chi connectivity index (χ4v) is 1.92. The molecule has 18 heavy (non-hydrogen) atoms. The molecule has 0 spiro atoms. The molecule has 1 atom stereocenters. The Morgan fingerprint density at radius 1 is 1.33 bits per heavy atom. The van der Waals surface area contributed by atoms with Gasteiger partial charge in [0.05, 0.1) is 0 Å². The van der Waals surface area contributed by atoms with Crippen LogP contribution in [-0.4, -0.2) is 33.2 Å². The van der Waals surface area contributed by atoms with E-state index in [-0.39, 0.29) is 10.8 Å². The summed E-state index contributed by atoms with van der Waals surface area (Å²) in [4.78, 5) is 21.5. The maximum Gasteiger partial charge on any atom is 0.331 e. The van der Waals surface area contributed by atoms with Crippen LogP contribution in [0.4, 0.5) is 0 Å². The summed E-state index contributed by atoms with van der Waals surface area (Å²) in [6.07, 6.45) is 2.69. The van der Waals surface area contributed by atoms with Crippen LogP contribution in [0, 0.1) is 0 Å². The van der Waals surface area contributed by atoms with Crippen molar-refractivity contribution in [3.63, 3.8) is 0 Å². The SMILES string of the molecule is CC(=CSCCC(=CCC(C)S)C(=O)O)C(=O)O. The third-order valence-electron chi connectivity index (χ3n) is 2.07. The highest BCUT2D eigenvalue weighted by molar-refractivity contribution is 8.02. The second-order valence-electron chi connectivity index (χ2n) is 3.85. The number of rotatable bonds is 8. The summed E-state index contributed by atoms with van der Waals surface area (Å²) in [5.41, 5.74) is 0.606. The van der Waals surface area contributed by atoms with Crippen LogP contribution in [0.5, 0.6) is 0 Å². The van der Waals surface area contributed by atoms with Gasteiger partial charge in [-0.1, -0.05) is 13.0 Å². The molecule has 0 radical (unpaired) electrons. The van der Waals surface area contributed by atoms with Crippen molar-refractivity contribution in [3.05, 3.63) is 22.6 Å². The predicted octanol–water partition coefficient (Wildman–Crippen LogP) is 2.82. The first-order valence-electron chi connectivity index (χ1n) is 5.46. The molecule has 0 aliphatic carbocycles. The number of carbonyl (C=O) groups is 2. The lowest BCUT2D eigenvalue weighted by molar-refractivity contribution is -0.133. The molecular formula is C12H18O4S2. The molecule has 0 bridgehead atoms. The summed E-state index contributed by atoms with van der Waals surface area (Å²) in [5, 5.41) is 19.3. The molecule has 0 aromatic carbocycles. The molecule has 102 valence electrons. The van der Waals surface area contributed by atoms with Crippen LogP contribution in [0.1, 0.15) is 26.7 Å². The third kappa shape index (κ3) is 8.25. The zero-order chi connectivity index (χ0) is 14.1. The summed E-state index contributed by atoms with van der Waals surface area (Å²) in [6, 6.07) is 0. The minimum absolute atomic E-state index is 0.126. The quantitative estimate of drug-likeness (QED) is 0.364. The van der Waals surface area contributed by atoms with Crippen molar-refractivity contribution in [3.8, 4) is 0 Å². The monoisotopic (exact) mass is 290 g/mol. The highest BCUT2D eigenvalue weighted by Crippen LogP contribution is 2.14. The van der Waals surface area contributed by atoms with E-state index in [1.807, 2.05) is 6.92 Å². The highest BCUT2D eigenvalue weighted by atomic mass is 32.2. The molecular weight excluding hydrogens is 272 g/mol. The molecule has 0 saturated carbocycles. The van der Waals surface area contributed by atoms with Crippen LogP contribution < -0.4 is 0 Å². The third-order valence-corrected chi connectivity index (χ3v) is 3.24. The molecule has 4 nitrogen and oxygen atoms in total. The Morgan fingerprint density at radius 3 is 2.39 bits per heavy atom. The van der Waals surface area contributed by atoms with Gasteiger partial charge in [0.25, 0.3) is 0 Å². The average Bonchev–Trinajstić information content (AvgIpc) is 2.26. The lowest BCUT2D eigenvalue weighted by atomic mass is 10.1. The normalized spacial score (nSPS) is 14.4. The molecule has 0 amide bonds. The first kappa shape index (κ1) is 17.1. The van der Waals surface area contributed by atoms with Crippen LogP contribution in [0.3, 0.4) is 0 Å². The zero-order valence-electron chi connectivity index (χ0n) is 10.4. The Bertz CT molecular complexity index is 359. The molecule has 0 rings (SSSR count). The van der Waals surface area contributed by atoms with Crippen molar-refractivity contribution in [1.29, 1.82) is 0 Å². The zero-order valence-corrected chi connectivity index (χ0v) is 12.1. The molecule has 0 aromatic rings. The molecule has 0 aliphatic heterocycles. The fraction of sp³-hybridized carbons (Fsp3) is 0.500. The minimum atomic E-state index is -0.958. The number of carboxylic acid groups (broad SMARTS) is 2. The summed E-state index contributed by atoms with van der Waals surface area (Å²) < 4.78 is 0. The largest absolute Gasteiger partial charge is 0.478 e. The van der Waals surface area contributed by atoms with Crippen LogP contribution in [0.15, 0.2) is 22.6 Å². The van der Waals surface area contributed by atoms with E-state index in [2.05, 4.69) is 12.6 Å². The Kier molecular flexibility index (Phi) is 8.66. The van der Waals surface area contributed by atoms with E-state index < -0.39 is 11.9 Å². The van der Waals surface area contributed by atoms with E-state index in [9.17, 15) is 9.59 Å². The van der Waals surface area contributed by atoms with Gasteiger partial charge in [0.15, 0.2) is 0 Å². The van der Waals surface area contributed by atoms with Crippen molar-refractivity contribution in [2.24, 2.45) is 0 Å². The van der Waals surface area contributed by atoms with Crippen LogP contribution in [-0.2, 0) is 9.59 Å². The van der Waals surface area contributed by atoms with Gasteiger partial charge in [0, 0.05) is 22.1 Å². The van der Waals surface area contributed by atoms with E-state index in [1.54, 1.807) is 6.08 Å². The van der Waals surface area contributed by atoms with E-state index >= 15 is 0 Å². The number of allylic oxidation sites excluding steroid dienone is 1. The van der Waals surface area contributed by atoms with Gasteiger partial charge in [0.1, 0.15) is 0 Å². The van der Waals surface area contributed by atoms with E-state index in [4.69, 9.17) is 10.2 Å². The number of aliphatic carboxylic acids is 2. The Hall–Kier alpha value is -0.880. The number of hydrogen-bond acceptors (Lipinski definition) is 4. The van der Waals surface area contributed by atoms with Crippen LogP contribution in [0.25, 0.3) is 0 Å². The Balaban J connectivity index is 4.22. The first-order chi connectivity index (χ1) is 8.34. The molecule has 0 aromatic heterocycles. The summed E-state index contributed by atoms with van der Waals surface area (Å²) in [5.74, 6) is -1.34. The predicted molar refractivity (Wildman–Crippen MR) is 77.3 cm³/mol. The van der Waals surface area contributed by atoms with Gasteiger partial charge in [-0.3, -0.25) is 0 Å². The van der Waals surface area contributed by atoms with E-state index in [1.165, 1.54) is 24.1 Å². The van der Waals surface area contributed by atoms with Crippen molar-refractivity contribution in [1.82, 2.24) is 0 Å².